The maximum atomic E-state index is 12.8. The number of carbonyl (C=O) groups is 1. The molecule has 2 fully saturated rings. The van der Waals surface area contributed by atoms with Crippen LogP contribution >= 0.6 is 0 Å². The van der Waals surface area contributed by atoms with Crippen molar-refractivity contribution in [3.05, 3.63) is 76.7 Å². The fraction of sp³-hybridized carbons (Fsp3) is 0.421. The van der Waals surface area contributed by atoms with Crippen molar-refractivity contribution < 1.29 is 9.21 Å². The van der Waals surface area contributed by atoms with E-state index in [4.69, 9.17) is 9.40 Å². The zero-order chi connectivity index (χ0) is 33.3. The maximum absolute atomic E-state index is 12.8. The van der Waals surface area contributed by atoms with E-state index in [9.17, 15) is 9.59 Å². The first-order valence-corrected chi connectivity index (χ1v) is 17.2. The maximum Gasteiger partial charge on any atom is 0.229 e. The number of benzene rings is 2. The Balaban J connectivity index is 0.000000674. The lowest BCUT2D eigenvalue weighted by Crippen LogP contribution is -2.43. The van der Waals surface area contributed by atoms with E-state index in [0.717, 1.165) is 66.9 Å². The molecule has 9 nitrogen and oxygen atoms in total. The highest BCUT2D eigenvalue weighted by atomic mass is 16.4. The number of Topliss-reactive ketones (excluding diaryl/α,β-unsaturated/α-hetero) is 1. The Hall–Kier alpha value is -4.50. The molecule has 2 aromatic carbocycles. The minimum atomic E-state index is -0.0302. The Morgan fingerprint density at radius 1 is 0.957 bits per heavy atom. The fourth-order valence-corrected chi connectivity index (χ4v) is 6.11. The van der Waals surface area contributed by atoms with E-state index in [1.807, 2.05) is 62.4 Å². The number of nitrogens with one attached hydrogen (secondary N) is 2. The molecule has 9 heteroatoms. The summed E-state index contributed by atoms with van der Waals surface area (Å²) < 4.78 is 8.31. The number of piperazine rings is 1. The van der Waals surface area contributed by atoms with Gasteiger partial charge in [-0.3, -0.25) is 9.59 Å². The van der Waals surface area contributed by atoms with Gasteiger partial charge in [0.2, 0.25) is 5.95 Å². The molecule has 7 rings (SSSR count). The number of hydrogen-bond donors (Lipinski definition) is 2. The number of rotatable bonds is 7. The Kier molecular flexibility index (Phi) is 11.4. The first-order chi connectivity index (χ1) is 22.9. The zero-order valence-corrected chi connectivity index (χ0v) is 28.4. The largest absolute Gasteiger partial charge is 0.440 e. The van der Waals surface area contributed by atoms with Crippen molar-refractivity contribution in [2.75, 3.05) is 36.4 Å². The molecular weight excluding hydrogens is 588 g/mol. The summed E-state index contributed by atoms with van der Waals surface area (Å²) in [5, 5.41) is 8.10. The van der Waals surface area contributed by atoms with Gasteiger partial charge in [0.1, 0.15) is 11.2 Å². The van der Waals surface area contributed by atoms with Crippen LogP contribution in [0.4, 0.5) is 17.5 Å². The van der Waals surface area contributed by atoms with Crippen molar-refractivity contribution in [3.8, 4) is 11.1 Å². The number of carbonyl (C=O) groups excluding carboxylic acids is 1. The van der Waals surface area contributed by atoms with Crippen LogP contribution in [0.25, 0.3) is 33.1 Å². The predicted octanol–water partition coefficient (Wildman–Crippen LogP) is 8.51. The molecule has 2 N–H and O–H groups in total. The Bertz CT molecular complexity index is 1850. The van der Waals surface area contributed by atoms with Crippen molar-refractivity contribution >= 4 is 45.3 Å². The molecule has 0 unspecified atom stereocenters. The number of ketones is 1. The molecule has 5 aromatic rings. The number of anilines is 3. The SMILES string of the molecule is CC.CC(=O)c1cc2cnc(Nc3ccc(-c4ccc5c(=O)cc(N6CCNCC6)oc5c4)cc3)nc2n1C1CCCC1.CCCC. The summed E-state index contributed by atoms with van der Waals surface area (Å²) in [4.78, 5) is 36.6. The van der Waals surface area contributed by atoms with Gasteiger partial charge in [-0.25, -0.2) is 4.98 Å². The van der Waals surface area contributed by atoms with Gasteiger partial charge in [-0.05, 0) is 54.3 Å². The quantitative estimate of drug-likeness (QED) is 0.171. The number of unbranched alkanes of at least 4 members (excludes halogenated alkanes) is 1. The summed E-state index contributed by atoms with van der Waals surface area (Å²) in [7, 11) is 0. The number of aromatic nitrogens is 3. The second-order valence-corrected chi connectivity index (χ2v) is 12.0. The predicted molar refractivity (Wildman–Crippen MR) is 193 cm³/mol. The first kappa shape index (κ1) is 33.9. The average molecular weight is 637 g/mol. The minimum Gasteiger partial charge on any atom is -0.440 e. The molecule has 0 bridgehead atoms. The Morgan fingerprint density at radius 3 is 2.30 bits per heavy atom. The third-order valence-electron chi connectivity index (χ3n) is 8.75. The number of hydrogen-bond acceptors (Lipinski definition) is 8. The van der Waals surface area contributed by atoms with Crippen LogP contribution in [0.1, 0.15) is 89.7 Å². The summed E-state index contributed by atoms with van der Waals surface area (Å²) in [5.74, 6) is 1.16. The first-order valence-electron chi connectivity index (χ1n) is 17.2. The molecule has 1 aliphatic carbocycles. The third kappa shape index (κ3) is 7.73. The van der Waals surface area contributed by atoms with Crippen molar-refractivity contribution in [1.29, 1.82) is 0 Å². The van der Waals surface area contributed by atoms with Crippen molar-refractivity contribution in [3.63, 3.8) is 0 Å². The lowest BCUT2D eigenvalue weighted by Gasteiger charge is -2.27. The molecule has 3 aromatic heterocycles. The van der Waals surface area contributed by atoms with Crippen LogP contribution in [-0.4, -0.2) is 46.5 Å². The molecule has 0 radical (unpaired) electrons. The van der Waals surface area contributed by atoms with Crippen LogP contribution in [-0.2, 0) is 0 Å². The van der Waals surface area contributed by atoms with Gasteiger partial charge in [0.05, 0.1) is 11.1 Å². The third-order valence-corrected chi connectivity index (χ3v) is 8.75. The topological polar surface area (TPSA) is 105 Å². The Labute approximate surface area is 277 Å². The monoisotopic (exact) mass is 636 g/mol. The van der Waals surface area contributed by atoms with Gasteiger partial charge in [-0.1, -0.05) is 71.6 Å². The molecule has 248 valence electrons. The van der Waals surface area contributed by atoms with Gasteiger partial charge in [0.15, 0.2) is 17.1 Å². The second-order valence-electron chi connectivity index (χ2n) is 12.0. The van der Waals surface area contributed by atoms with Gasteiger partial charge in [-0.15, -0.1) is 0 Å². The number of nitrogens with zero attached hydrogens (tertiary/aromatic N) is 4. The van der Waals surface area contributed by atoms with Crippen LogP contribution in [0, 0.1) is 0 Å². The fourth-order valence-electron chi connectivity index (χ4n) is 6.11. The Morgan fingerprint density at radius 2 is 1.64 bits per heavy atom. The zero-order valence-electron chi connectivity index (χ0n) is 28.4. The van der Waals surface area contributed by atoms with E-state index >= 15 is 0 Å². The molecule has 0 atom stereocenters. The second kappa shape index (κ2) is 15.9. The van der Waals surface area contributed by atoms with E-state index in [-0.39, 0.29) is 11.2 Å². The highest BCUT2D eigenvalue weighted by Crippen LogP contribution is 2.35. The van der Waals surface area contributed by atoms with Crippen molar-refractivity contribution in [2.24, 2.45) is 0 Å². The molecule has 1 saturated heterocycles. The average Bonchev–Trinajstić information content (AvgIpc) is 3.78. The van der Waals surface area contributed by atoms with Gasteiger partial charge in [0, 0.05) is 62.5 Å². The lowest BCUT2D eigenvalue weighted by atomic mass is 10.0. The molecule has 0 spiro atoms. The lowest BCUT2D eigenvalue weighted by molar-refractivity contribution is 0.100. The number of fused-ring (bicyclic) bond motifs is 2. The molecule has 4 heterocycles. The van der Waals surface area contributed by atoms with E-state index < -0.39 is 0 Å². The van der Waals surface area contributed by atoms with E-state index in [2.05, 4.69) is 38.9 Å². The summed E-state index contributed by atoms with van der Waals surface area (Å²) in [6.45, 7) is 13.3. The summed E-state index contributed by atoms with van der Waals surface area (Å²) in [5.41, 5.74) is 4.88. The van der Waals surface area contributed by atoms with Gasteiger partial charge in [-0.2, -0.15) is 4.98 Å². The minimum absolute atomic E-state index is 0.0302. The van der Waals surface area contributed by atoms with Crippen LogP contribution in [0.15, 0.2) is 70.0 Å². The summed E-state index contributed by atoms with van der Waals surface area (Å²) in [6.07, 6.45) is 8.89. The van der Waals surface area contributed by atoms with E-state index in [1.165, 1.54) is 25.7 Å². The normalized spacial score (nSPS) is 14.8. The van der Waals surface area contributed by atoms with E-state index in [1.54, 1.807) is 19.2 Å². The highest BCUT2D eigenvalue weighted by Gasteiger charge is 2.24. The summed E-state index contributed by atoms with van der Waals surface area (Å²) >= 11 is 0. The van der Waals surface area contributed by atoms with Gasteiger partial charge >= 0.3 is 0 Å². The highest BCUT2D eigenvalue weighted by molar-refractivity contribution is 5.98. The van der Waals surface area contributed by atoms with Crippen molar-refractivity contribution in [2.45, 2.75) is 79.2 Å². The standard InChI is InChI=1S/C32H32N6O3.C4H10.C2H6/c1-20(39)27-16-23-19-34-32(36-31(23)38(27)25-4-2-3-5-25)35-24-9-6-21(7-10-24)22-8-11-26-28(40)18-30(41-29(26)17-22)37-14-12-33-13-15-37;1-3-4-2;1-2/h6-11,16-19,25,33H,2-5,12-15H2,1H3,(H,34,35,36);3-4H2,1-2H3;1-2H3. The summed E-state index contributed by atoms with van der Waals surface area (Å²) in [6, 6.07) is 17.5. The molecule has 0 amide bonds. The van der Waals surface area contributed by atoms with Crippen LogP contribution in [0.3, 0.4) is 0 Å². The van der Waals surface area contributed by atoms with Gasteiger partial charge < -0.3 is 24.5 Å². The molecule has 1 aliphatic heterocycles. The smallest absolute Gasteiger partial charge is 0.229 e. The van der Waals surface area contributed by atoms with Crippen LogP contribution < -0.4 is 21.0 Å². The van der Waals surface area contributed by atoms with Gasteiger partial charge in [0.25, 0.3) is 0 Å². The molecule has 2 aliphatic rings. The molecule has 47 heavy (non-hydrogen) atoms. The van der Waals surface area contributed by atoms with Crippen LogP contribution in [0.5, 0.6) is 0 Å². The molecular formula is C38H48N6O3. The van der Waals surface area contributed by atoms with Crippen LogP contribution in [0.2, 0.25) is 0 Å². The molecule has 1 saturated carbocycles. The van der Waals surface area contributed by atoms with E-state index in [0.29, 0.717) is 34.5 Å². The van der Waals surface area contributed by atoms with Crippen molar-refractivity contribution in [1.82, 2.24) is 19.9 Å².